The molecule has 3 N–H and O–H groups in total. The molecule has 0 unspecified atom stereocenters. The molecule has 2 aromatic rings. The van der Waals surface area contributed by atoms with Gasteiger partial charge < -0.3 is 5.43 Å². The standard InChI is InChI=1S/C11H15BrN6O2S/c1-17-6-8(4-15-17)7-18(2)21(19,20)10-3-9(12)5-14-11(10)16-13/h3-6H,7,13H2,1-2H3,(H,14,16). The van der Waals surface area contributed by atoms with Crippen molar-refractivity contribution in [1.29, 1.82) is 0 Å². The van der Waals surface area contributed by atoms with Gasteiger partial charge in [0.05, 0.1) is 6.20 Å². The van der Waals surface area contributed by atoms with E-state index in [0.717, 1.165) is 5.56 Å². The van der Waals surface area contributed by atoms with E-state index in [1.165, 1.54) is 23.6 Å². The number of nitrogens with one attached hydrogen (secondary N) is 1. The van der Waals surface area contributed by atoms with Gasteiger partial charge in [-0.25, -0.2) is 19.2 Å². The highest BCUT2D eigenvalue weighted by Gasteiger charge is 2.25. The van der Waals surface area contributed by atoms with Crippen molar-refractivity contribution >= 4 is 31.8 Å². The molecular weight excluding hydrogens is 360 g/mol. The molecule has 0 saturated carbocycles. The number of hydrogen-bond donors (Lipinski definition) is 2. The molecular formula is C11H15BrN6O2S. The van der Waals surface area contributed by atoms with Gasteiger partial charge in [0, 0.05) is 43.1 Å². The van der Waals surface area contributed by atoms with Gasteiger partial charge in [-0.1, -0.05) is 0 Å². The van der Waals surface area contributed by atoms with Gasteiger partial charge >= 0.3 is 0 Å². The highest BCUT2D eigenvalue weighted by atomic mass is 79.9. The van der Waals surface area contributed by atoms with Gasteiger partial charge in [0.15, 0.2) is 5.82 Å². The number of halogens is 1. The van der Waals surface area contributed by atoms with E-state index in [0.29, 0.717) is 4.47 Å². The average molecular weight is 375 g/mol. The molecule has 0 spiro atoms. The van der Waals surface area contributed by atoms with E-state index in [2.05, 4.69) is 31.4 Å². The quantitative estimate of drug-likeness (QED) is 0.588. The molecule has 0 saturated heterocycles. The van der Waals surface area contributed by atoms with E-state index in [9.17, 15) is 8.42 Å². The molecule has 0 aliphatic heterocycles. The Morgan fingerprint density at radius 3 is 2.76 bits per heavy atom. The van der Waals surface area contributed by atoms with Crippen LogP contribution in [0.3, 0.4) is 0 Å². The van der Waals surface area contributed by atoms with Crippen LogP contribution in [-0.4, -0.2) is 34.5 Å². The van der Waals surface area contributed by atoms with Crippen LogP contribution in [0.2, 0.25) is 0 Å². The van der Waals surface area contributed by atoms with Crippen molar-refractivity contribution in [2.24, 2.45) is 12.9 Å². The fourth-order valence-corrected chi connectivity index (χ4v) is 3.56. The second-order valence-corrected chi connectivity index (χ2v) is 7.36. The van der Waals surface area contributed by atoms with Crippen molar-refractivity contribution in [2.75, 3.05) is 12.5 Å². The van der Waals surface area contributed by atoms with E-state index >= 15 is 0 Å². The number of hydrogen-bond acceptors (Lipinski definition) is 6. The Morgan fingerprint density at radius 2 is 2.19 bits per heavy atom. The van der Waals surface area contributed by atoms with Gasteiger partial charge in [-0.3, -0.25) is 4.68 Å². The Kier molecular flexibility index (Phi) is 4.61. The number of nitrogens with zero attached hydrogens (tertiary/aromatic N) is 4. The minimum absolute atomic E-state index is 0.00534. The predicted molar refractivity (Wildman–Crippen MR) is 81.6 cm³/mol. The van der Waals surface area contributed by atoms with Crippen LogP contribution < -0.4 is 11.3 Å². The molecule has 0 amide bonds. The average Bonchev–Trinajstić information content (AvgIpc) is 2.84. The van der Waals surface area contributed by atoms with Crippen molar-refractivity contribution in [1.82, 2.24) is 19.1 Å². The van der Waals surface area contributed by atoms with Crippen LogP contribution in [0.25, 0.3) is 0 Å². The lowest BCUT2D eigenvalue weighted by Gasteiger charge is -2.18. The van der Waals surface area contributed by atoms with Crippen LogP contribution in [0.15, 0.2) is 34.0 Å². The lowest BCUT2D eigenvalue weighted by molar-refractivity contribution is 0.466. The fraction of sp³-hybridized carbons (Fsp3) is 0.273. The third-order valence-corrected chi connectivity index (χ3v) is 5.06. The van der Waals surface area contributed by atoms with Gasteiger partial charge in [0.1, 0.15) is 4.90 Å². The Morgan fingerprint density at radius 1 is 1.48 bits per heavy atom. The number of nitrogens with two attached hydrogens (primary N) is 1. The Labute approximate surface area is 131 Å². The SMILES string of the molecule is CN(Cc1cnn(C)c1)S(=O)(=O)c1cc(Br)cnc1NN. The maximum Gasteiger partial charge on any atom is 0.246 e. The summed E-state index contributed by atoms with van der Waals surface area (Å²) in [5.41, 5.74) is 3.08. The molecule has 21 heavy (non-hydrogen) atoms. The van der Waals surface area contributed by atoms with Crippen LogP contribution in [0.5, 0.6) is 0 Å². The van der Waals surface area contributed by atoms with Crippen LogP contribution in [-0.2, 0) is 23.6 Å². The molecule has 0 aliphatic rings. The molecule has 0 radical (unpaired) electrons. The minimum atomic E-state index is -3.73. The molecule has 2 rings (SSSR count). The van der Waals surface area contributed by atoms with Crippen LogP contribution in [0.4, 0.5) is 5.82 Å². The summed E-state index contributed by atoms with van der Waals surface area (Å²) in [5, 5.41) is 4.02. The first-order valence-corrected chi connectivity index (χ1v) is 8.14. The number of nitrogen functional groups attached to an aromatic ring is 1. The van der Waals surface area contributed by atoms with Crippen molar-refractivity contribution < 1.29 is 8.42 Å². The maximum atomic E-state index is 12.6. The second-order valence-electron chi connectivity index (χ2n) is 4.43. The zero-order valence-electron chi connectivity index (χ0n) is 11.5. The number of hydrazine groups is 1. The molecule has 114 valence electrons. The van der Waals surface area contributed by atoms with Gasteiger partial charge in [0.25, 0.3) is 0 Å². The summed E-state index contributed by atoms with van der Waals surface area (Å²) < 4.78 is 28.6. The first kappa shape index (κ1) is 15.9. The summed E-state index contributed by atoms with van der Waals surface area (Å²) in [4.78, 5) is 3.96. The zero-order valence-corrected chi connectivity index (χ0v) is 13.9. The lowest BCUT2D eigenvalue weighted by Crippen LogP contribution is -2.28. The van der Waals surface area contributed by atoms with Gasteiger partial charge in [-0.05, 0) is 22.0 Å². The number of aryl methyl sites for hydroxylation is 1. The fourth-order valence-electron chi connectivity index (χ4n) is 1.79. The largest absolute Gasteiger partial charge is 0.307 e. The summed E-state index contributed by atoms with van der Waals surface area (Å²) >= 11 is 3.21. The van der Waals surface area contributed by atoms with Crippen molar-refractivity contribution in [3.05, 3.63) is 34.7 Å². The van der Waals surface area contributed by atoms with Crippen LogP contribution in [0.1, 0.15) is 5.56 Å². The van der Waals surface area contributed by atoms with Crippen molar-refractivity contribution in [3.63, 3.8) is 0 Å². The van der Waals surface area contributed by atoms with E-state index in [-0.39, 0.29) is 17.3 Å². The molecule has 0 aromatic carbocycles. The number of sulfonamides is 1. The number of aromatic nitrogens is 3. The van der Waals surface area contributed by atoms with E-state index in [1.54, 1.807) is 24.1 Å². The Bertz CT molecular complexity index is 745. The van der Waals surface area contributed by atoms with E-state index < -0.39 is 10.0 Å². The normalized spacial score (nSPS) is 11.9. The summed E-state index contributed by atoms with van der Waals surface area (Å²) in [6.07, 6.45) is 4.84. The molecule has 0 atom stereocenters. The topological polar surface area (TPSA) is 106 Å². The second kappa shape index (κ2) is 6.10. The highest BCUT2D eigenvalue weighted by molar-refractivity contribution is 9.10. The molecule has 0 fully saturated rings. The number of pyridine rings is 1. The third kappa shape index (κ3) is 3.40. The molecule has 0 aliphatic carbocycles. The predicted octanol–water partition coefficient (Wildman–Crippen LogP) is 0.684. The number of rotatable bonds is 5. The zero-order chi connectivity index (χ0) is 15.6. The van der Waals surface area contributed by atoms with Crippen molar-refractivity contribution in [3.8, 4) is 0 Å². The van der Waals surface area contributed by atoms with E-state index in [1.807, 2.05) is 0 Å². The Hall–Kier alpha value is -1.49. The van der Waals surface area contributed by atoms with Crippen LogP contribution in [0, 0.1) is 0 Å². The smallest absolute Gasteiger partial charge is 0.246 e. The number of anilines is 1. The molecule has 2 aromatic heterocycles. The summed E-state index contributed by atoms with van der Waals surface area (Å²) in [7, 11) is -0.472. The lowest BCUT2D eigenvalue weighted by atomic mass is 10.4. The maximum absolute atomic E-state index is 12.6. The van der Waals surface area contributed by atoms with Crippen LogP contribution >= 0.6 is 15.9 Å². The van der Waals surface area contributed by atoms with Gasteiger partial charge in [-0.15, -0.1) is 0 Å². The summed E-state index contributed by atoms with van der Waals surface area (Å²) in [6.45, 7) is 0.201. The minimum Gasteiger partial charge on any atom is -0.307 e. The monoisotopic (exact) mass is 374 g/mol. The summed E-state index contributed by atoms with van der Waals surface area (Å²) in [6, 6.07) is 1.46. The molecule has 2 heterocycles. The first-order chi connectivity index (χ1) is 9.84. The van der Waals surface area contributed by atoms with Gasteiger partial charge in [-0.2, -0.15) is 9.40 Å². The molecule has 8 nitrogen and oxygen atoms in total. The first-order valence-electron chi connectivity index (χ1n) is 5.90. The highest BCUT2D eigenvalue weighted by Crippen LogP contribution is 2.25. The molecule has 0 bridgehead atoms. The summed E-state index contributed by atoms with van der Waals surface area (Å²) in [5.74, 6) is 5.42. The third-order valence-electron chi connectivity index (χ3n) is 2.81. The van der Waals surface area contributed by atoms with Gasteiger partial charge in [0.2, 0.25) is 10.0 Å². The van der Waals surface area contributed by atoms with Crippen molar-refractivity contribution in [2.45, 2.75) is 11.4 Å². The van der Waals surface area contributed by atoms with E-state index in [4.69, 9.17) is 5.84 Å². The molecule has 10 heteroatoms. The Balaban J connectivity index is 2.35.